The molecule has 0 heterocycles. The molecule has 0 aromatic heterocycles. The maximum absolute atomic E-state index is 8.47. The highest BCUT2D eigenvalue weighted by Gasteiger charge is 1.85. The minimum Gasteiger partial charge on any atom is -0.379 e. The molecule has 0 amide bonds. The van der Waals surface area contributed by atoms with E-state index in [-0.39, 0.29) is 0 Å². The van der Waals surface area contributed by atoms with E-state index in [1.165, 1.54) is 0 Å². The maximum atomic E-state index is 8.47. The van der Waals surface area contributed by atoms with Crippen LogP contribution in [0.4, 0.5) is 0 Å². The smallest absolute Gasteiger partial charge is 0.105 e. The molecule has 0 aliphatic rings. The summed E-state index contributed by atoms with van der Waals surface area (Å²) >= 11 is 0. The van der Waals surface area contributed by atoms with Gasteiger partial charge in [-0.1, -0.05) is 24.8 Å². The lowest BCUT2D eigenvalue weighted by Crippen LogP contribution is -2.16. The van der Waals surface area contributed by atoms with Crippen molar-refractivity contribution in [3.63, 3.8) is 0 Å². The number of rotatable bonds is 3. The Hall–Kier alpha value is -0.600. The summed E-state index contributed by atoms with van der Waals surface area (Å²) in [5.41, 5.74) is 5.00. The van der Waals surface area contributed by atoms with Crippen LogP contribution in [-0.4, -0.2) is 11.3 Å². The fourth-order valence-corrected chi connectivity index (χ4v) is 0.314. The molecule has 0 saturated heterocycles. The molecule has 2 nitrogen and oxygen atoms in total. The Morgan fingerprint density at radius 3 is 2.75 bits per heavy atom. The summed E-state index contributed by atoms with van der Waals surface area (Å²) < 4.78 is 0. The molecule has 0 bridgehead atoms. The lowest BCUT2D eigenvalue weighted by atomic mass is 10.3. The summed E-state index contributed by atoms with van der Waals surface area (Å²) in [7, 11) is 0. The van der Waals surface area contributed by atoms with Gasteiger partial charge >= 0.3 is 0 Å². The zero-order valence-corrected chi connectivity index (χ0v) is 4.75. The second kappa shape index (κ2) is 4.56. The number of hydrogen-bond acceptors (Lipinski definition) is 2. The van der Waals surface area contributed by atoms with Gasteiger partial charge in [-0.2, -0.15) is 0 Å². The van der Waals surface area contributed by atoms with E-state index < -0.39 is 6.23 Å². The van der Waals surface area contributed by atoms with Gasteiger partial charge in [0.2, 0.25) is 0 Å². The van der Waals surface area contributed by atoms with Crippen molar-refractivity contribution in [2.24, 2.45) is 5.73 Å². The third-order valence-corrected chi connectivity index (χ3v) is 0.650. The molecule has 3 N–H and O–H groups in total. The fraction of sp³-hybridized carbons (Fsp3) is 0.333. The molecule has 0 radical (unpaired) electrons. The van der Waals surface area contributed by atoms with Gasteiger partial charge in [0, 0.05) is 6.42 Å². The lowest BCUT2D eigenvalue weighted by molar-refractivity contribution is 0.186. The van der Waals surface area contributed by atoms with E-state index in [4.69, 9.17) is 10.8 Å². The number of allylic oxidation sites excluding steroid dienone is 2. The van der Waals surface area contributed by atoms with Crippen LogP contribution in [0.5, 0.6) is 0 Å². The SMILES string of the molecule is C=C/C=C\CC(N)O. The molecular weight excluding hydrogens is 102 g/mol. The van der Waals surface area contributed by atoms with Crippen LogP contribution in [0.2, 0.25) is 0 Å². The van der Waals surface area contributed by atoms with Crippen molar-refractivity contribution in [1.82, 2.24) is 0 Å². The van der Waals surface area contributed by atoms with Gasteiger partial charge in [-0.15, -0.1) is 0 Å². The van der Waals surface area contributed by atoms with Gasteiger partial charge in [0.1, 0.15) is 6.23 Å². The van der Waals surface area contributed by atoms with Crippen molar-refractivity contribution < 1.29 is 5.11 Å². The van der Waals surface area contributed by atoms with E-state index in [0.29, 0.717) is 6.42 Å². The standard InChI is InChI=1S/C6H11NO/c1-2-3-4-5-6(7)8/h2-4,6,8H,1,5,7H2/b4-3-. The Morgan fingerprint density at radius 2 is 2.38 bits per heavy atom. The predicted octanol–water partition coefficient (Wildman–Crippen LogP) is 0.396. The minimum absolute atomic E-state index is 0.492. The van der Waals surface area contributed by atoms with Gasteiger partial charge in [-0.3, -0.25) is 0 Å². The predicted molar refractivity (Wildman–Crippen MR) is 34.1 cm³/mol. The van der Waals surface area contributed by atoms with Crippen LogP contribution in [0.25, 0.3) is 0 Å². The van der Waals surface area contributed by atoms with Gasteiger partial charge in [-0.05, 0) is 0 Å². The lowest BCUT2D eigenvalue weighted by Gasteiger charge is -1.94. The first-order valence-electron chi connectivity index (χ1n) is 2.48. The largest absolute Gasteiger partial charge is 0.379 e. The normalized spacial score (nSPS) is 14.2. The Balaban J connectivity index is 3.15. The molecule has 0 aromatic rings. The average molecular weight is 113 g/mol. The Kier molecular flexibility index (Phi) is 4.21. The van der Waals surface area contributed by atoms with E-state index in [1.54, 1.807) is 18.2 Å². The molecule has 8 heavy (non-hydrogen) atoms. The maximum Gasteiger partial charge on any atom is 0.105 e. The Bertz CT molecular complexity index is 86.5. The number of aliphatic hydroxyl groups is 1. The molecule has 0 spiro atoms. The van der Waals surface area contributed by atoms with Crippen LogP contribution in [0, 0.1) is 0 Å². The molecule has 0 aliphatic heterocycles. The van der Waals surface area contributed by atoms with Gasteiger partial charge < -0.3 is 10.8 Å². The quantitative estimate of drug-likeness (QED) is 0.411. The highest BCUT2D eigenvalue weighted by molar-refractivity contribution is 4.97. The van der Waals surface area contributed by atoms with Crippen molar-refractivity contribution in [1.29, 1.82) is 0 Å². The van der Waals surface area contributed by atoms with Crippen molar-refractivity contribution >= 4 is 0 Å². The molecule has 0 rings (SSSR count). The summed E-state index contributed by atoms with van der Waals surface area (Å²) in [5.74, 6) is 0. The average Bonchev–Trinajstić information content (AvgIpc) is 1.66. The van der Waals surface area contributed by atoms with Crippen LogP contribution in [0.3, 0.4) is 0 Å². The van der Waals surface area contributed by atoms with E-state index >= 15 is 0 Å². The molecule has 46 valence electrons. The van der Waals surface area contributed by atoms with E-state index in [0.717, 1.165) is 0 Å². The number of nitrogens with two attached hydrogens (primary N) is 1. The highest BCUT2D eigenvalue weighted by Crippen LogP contribution is 1.84. The number of aliphatic hydroxyl groups excluding tert-OH is 1. The minimum atomic E-state index is -0.730. The highest BCUT2D eigenvalue weighted by atomic mass is 16.3. The first-order chi connectivity index (χ1) is 3.77. The number of hydrogen-bond donors (Lipinski definition) is 2. The molecule has 0 saturated carbocycles. The first kappa shape index (κ1) is 7.40. The third kappa shape index (κ3) is 5.40. The monoisotopic (exact) mass is 113 g/mol. The fourth-order valence-electron chi connectivity index (χ4n) is 0.314. The summed E-state index contributed by atoms with van der Waals surface area (Å²) in [4.78, 5) is 0. The topological polar surface area (TPSA) is 46.2 Å². The van der Waals surface area contributed by atoms with Crippen LogP contribution in [0.15, 0.2) is 24.8 Å². The summed E-state index contributed by atoms with van der Waals surface area (Å²) in [6.45, 7) is 3.45. The molecule has 0 fully saturated rings. The molecular formula is C6H11NO. The third-order valence-electron chi connectivity index (χ3n) is 0.650. The second-order valence-electron chi connectivity index (χ2n) is 1.47. The van der Waals surface area contributed by atoms with Crippen molar-refractivity contribution in [3.8, 4) is 0 Å². The Morgan fingerprint density at radius 1 is 1.75 bits per heavy atom. The Labute approximate surface area is 49.3 Å². The summed E-state index contributed by atoms with van der Waals surface area (Å²) in [5, 5.41) is 8.47. The van der Waals surface area contributed by atoms with Gasteiger partial charge in [0.05, 0.1) is 0 Å². The summed E-state index contributed by atoms with van der Waals surface area (Å²) in [6.07, 6.45) is 4.91. The van der Waals surface area contributed by atoms with Gasteiger partial charge in [-0.25, -0.2) is 0 Å². The summed E-state index contributed by atoms with van der Waals surface area (Å²) in [6, 6.07) is 0. The van der Waals surface area contributed by atoms with Crippen molar-refractivity contribution in [2.45, 2.75) is 12.6 Å². The van der Waals surface area contributed by atoms with Gasteiger partial charge in [0.25, 0.3) is 0 Å². The van der Waals surface area contributed by atoms with Gasteiger partial charge in [0.15, 0.2) is 0 Å². The molecule has 1 atom stereocenters. The van der Waals surface area contributed by atoms with E-state index in [9.17, 15) is 0 Å². The van der Waals surface area contributed by atoms with Crippen LogP contribution in [0.1, 0.15) is 6.42 Å². The zero-order chi connectivity index (χ0) is 6.41. The first-order valence-corrected chi connectivity index (χ1v) is 2.48. The van der Waals surface area contributed by atoms with Crippen LogP contribution >= 0.6 is 0 Å². The molecule has 1 unspecified atom stereocenters. The zero-order valence-electron chi connectivity index (χ0n) is 4.75. The van der Waals surface area contributed by atoms with Crippen molar-refractivity contribution in [2.75, 3.05) is 0 Å². The molecule has 2 heteroatoms. The van der Waals surface area contributed by atoms with E-state index in [1.807, 2.05) is 0 Å². The van der Waals surface area contributed by atoms with E-state index in [2.05, 4.69) is 6.58 Å². The molecule has 0 aromatic carbocycles. The second-order valence-corrected chi connectivity index (χ2v) is 1.47. The van der Waals surface area contributed by atoms with Crippen LogP contribution in [-0.2, 0) is 0 Å². The van der Waals surface area contributed by atoms with Crippen molar-refractivity contribution in [3.05, 3.63) is 24.8 Å². The molecule has 0 aliphatic carbocycles. The van der Waals surface area contributed by atoms with Crippen LogP contribution < -0.4 is 5.73 Å².